The van der Waals surface area contributed by atoms with E-state index in [4.69, 9.17) is 5.84 Å². The lowest BCUT2D eigenvalue weighted by Gasteiger charge is -2.06. The molecule has 0 atom stereocenters. The highest BCUT2D eigenvalue weighted by atomic mass is 32.2. The van der Waals surface area contributed by atoms with Gasteiger partial charge in [-0.25, -0.2) is 4.68 Å². The molecule has 0 saturated carbocycles. The van der Waals surface area contributed by atoms with Crippen molar-refractivity contribution in [1.29, 1.82) is 0 Å². The van der Waals surface area contributed by atoms with Crippen LogP contribution in [0.25, 0.3) is 0 Å². The number of halogens is 3. The second-order valence-electron chi connectivity index (χ2n) is 3.50. The highest BCUT2D eigenvalue weighted by Crippen LogP contribution is 2.35. The highest BCUT2D eigenvalue weighted by Gasteiger charge is 2.38. The molecule has 106 valence electrons. The number of aromatic nitrogens is 3. The first-order valence-corrected chi connectivity index (χ1v) is 5.81. The minimum atomic E-state index is -4.75. The van der Waals surface area contributed by atoms with Gasteiger partial charge in [-0.1, -0.05) is 12.1 Å². The summed E-state index contributed by atoms with van der Waals surface area (Å²) < 4.78 is 37.7. The van der Waals surface area contributed by atoms with E-state index in [1.807, 2.05) is 0 Å². The lowest BCUT2D eigenvalue weighted by molar-refractivity contribution is -0.387. The topological polar surface area (TPSA) is 99.9 Å². The van der Waals surface area contributed by atoms with Crippen LogP contribution in [0.3, 0.4) is 0 Å². The third kappa shape index (κ3) is 2.66. The van der Waals surface area contributed by atoms with Crippen LogP contribution in [-0.2, 0) is 6.18 Å². The summed E-state index contributed by atoms with van der Waals surface area (Å²) in [6.45, 7) is 0. The highest BCUT2D eigenvalue weighted by molar-refractivity contribution is 7.99. The number of hydrogen-bond donors (Lipinski definition) is 1. The van der Waals surface area contributed by atoms with Gasteiger partial charge in [-0.05, 0) is 17.8 Å². The summed E-state index contributed by atoms with van der Waals surface area (Å²) in [6.07, 6.45) is -4.75. The number of para-hydroxylation sites is 1. The molecule has 1 aromatic carbocycles. The second-order valence-corrected chi connectivity index (χ2v) is 4.51. The van der Waals surface area contributed by atoms with Gasteiger partial charge in [0.2, 0.25) is 5.16 Å². The number of hydrogen-bond acceptors (Lipinski definition) is 6. The normalized spacial score (nSPS) is 11.6. The summed E-state index contributed by atoms with van der Waals surface area (Å²) in [4.78, 5) is 10.3. The van der Waals surface area contributed by atoms with Gasteiger partial charge < -0.3 is 5.84 Å². The van der Waals surface area contributed by atoms with Crippen LogP contribution in [-0.4, -0.2) is 19.8 Å². The molecule has 0 amide bonds. The number of rotatable bonds is 3. The molecule has 0 aliphatic heterocycles. The first-order valence-electron chi connectivity index (χ1n) is 4.99. The summed E-state index contributed by atoms with van der Waals surface area (Å²) in [5, 5.41) is 16.7. The SMILES string of the molecule is Nn1c(Sc2ccccc2[N+](=O)[O-])nnc1C(F)(F)F. The Morgan fingerprint density at radius 2 is 1.95 bits per heavy atom. The van der Waals surface area contributed by atoms with E-state index in [2.05, 4.69) is 10.2 Å². The van der Waals surface area contributed by atoms with Gasteiger partial charge in [-0.2, -0.15) is 13.2 Å². The fraction of sp³-hybridized carbons (Fsp3) is 0.111. The molecular weight excluding hydrogens is 299 g/mol. The average Bonchev–Trinajstić information content (AvgIpc) is 2.71. The molecule has 1 heterocycles. The van der Waals surface area contributed by atoms with Crippen molar-refractivity contribution in [3.05, 3.63) is 40.2 Å². The average molecular weight is 305 g/mol. The van der Waals surface area contributed by atoms with Crippen LogP contribution in [0.15, 0.2) is 34.3 Å². The molecule has 7 nitrogen and oxygen atoms in total. The van der Waals surface area contributed by atoms with Crippen LogP contribution in [0.2, 0.25) is 0 Å². The zero-order valence-electron chi connectivity index (χ0n) is 9.53. The van der Waals surface area contributed by atoms with Crippen molar-refractivity contribution in [2.45, 2.75) is 16.2 Å². The van der Waals surface area contributed by atoms with Crippen molar-refractivity contribution in [2.24, 2.45) is 0 Å². The molecule has 20 heavy (non-hydrogen) atoms. The van der Waals surface area contributed by atoms with E-state index in [1.54, 1.807) is 0 Å². The van der Waals surface area contributed by atoms with E-state index in [0.29, 0.717) is 11.8 Å². The van der Waals surface area contributed by atoms with E-state index >= 15 is 0 Å². The molecular formula is C9H6F3N5O2S. The number of benzene rings is 1. The van der Waals surface area contributed by atoms with Gasteiger partial charge in [0.25, 0.3) is 11.5 Å². The molecule has 0 bridgehead atoms. The molecule has 0 radical (unpaired) electrons. The Hall–Kier alpha value is -2.30. The van der Waals surface area contributed by atoms with Gasteiger partial charge in [0.1, 0.15) is 0 Å². The van der Waals surface area contributed by atoms with Crippen LogP contribution >= 0.6 is 11.8 Å². The minimum Gasteiger partial charge on any atom is -0.335 e. The van der Waals surface area contributed by atoms with Gasteiger partial charge >= 0.3 is 6.18 Å². The lowest BCUT2D eigenvalue weighted by atomic mass is 10.3. The maximum atomic E-state index is 12.5. The molecule has 0 aliphatic rings. The number of nitrogens with two attached hydrogens (primary N) is 1. The van der Waals surface area contributed by atoms with Crippen LogP contribution in [0, 0.1) is 10.1 Å². The summed E-state index contributed by atoms with van der Waals surface area (Å²) in [6, 6.07) is 5.56. The Bertz CT molecular complexity index is 657. The van der Waals surface area contributed by atoms with E-state index in [9.17, 15) is 23.3 Å². The smallest absolute Gasteiger partial charge is 0.335 e. The Balaban J connectivity index is 2.37. The van der Waals surface area contributed by atoms with Crippen molar-refractivity contribution < 1.29 is 18.1 Å². The van der Waals surface area contributed by atoms with Gasteiger partial charge in [-0.3, -0.25) is 10.1 Å². The van der Waals surface area contributed by atoms with Gasteiger partial charge in [0.05, 0.1) is 9.82 Å². The van der Waals surface area contributed by atoms with Crippen molar-refractivity contribution in [2.75, 3.05) is 5.84 Å². The summed E-state index contributed by atoms with van der Waals surface area (Å²) >= 11 is 0.629. The van der Waals surface area contributed by atoms with Gasteiger partial charge in [0, 0.05) is 6.07 Å². The summed E-state index contributed by atoms with van der Waals surface area (Å²) in [7, 11) is 0. The van der Waals surface area contributed by atoms with E-state index in [0.717, 1.165) is 0 Å². The lowest BCUT2D eigenvalue weighted by Crippen LogP contribution is -2.21. The molecule has 0 unspecified atom stereocenters. The van der Waals surface area contributed by atoms with Gasteiger partial charge in [-0.15, -0.1) is 10.2 Å². The summed E-state index contributed by atoms with van der Waals surface area (Å²) in [5.41, 5.74) is -0.256. The molecule has 2 N–H and O–H groups in total. The predicted octanol–water partition coefficient (Wildman–Crippen LogP) is 2.07. The zero-order chi connectivity index (χ0) is 14.9. The number of nitro benzene ring substituents is 1. The molecule has 2 aromatic rings. The van der Waals surface area contributed by atoms with Gasteiger partial charge in [0.15, 0.2) is 0 Å². The van der Waals surface area contributed by atoms with Crippen molar-refractivity contribution in [3.63, 3.8) is 0 Å². The first kappa shape index (κ1) is 14.1. The molecule has 0 saturated heterocycles. The fourth-order valence-corrected chi connectivity index (χ4v) is 2.19. The molecule has 1 aromatic heterocycles. The first-order chi connectivity index (χ1) is 9.30. The predicted molar refractivity (Wildman–Crippen MR) is 62.4 cm³/mol. The maximum Gasteiger partial charge on any atom is 0.453 e. The number of alkyl halides is 3. The number of nitro groups is 1. The van der Waals surface area contributed by atoms with Crippen LogP contribution in [0.1, 0.15) is 5.82 Å². The maximum absolute atomic E-state index is 12.5. The molecule has 0 fully saturated rings. The second kappa shape index (κ2) is 5.00. The molecule has 11 heteroatoms. The number of nitrogen functional groups attached to an aromatic ring is 1. The van der Waals surface area contributed by atoms with Crippen molar-refractivity contribution >= 4 is 17.4 Å². The van der Waals surface area contributed by atoms with Crippen LogP contribution in [0.5, 0.6) is 0 Å². The summed E-state index contributed by atoms with van der Waals surface area (Å²) in [5.74, 6) is 3.87. The number of nitrogens with zero attached hydrogens (tertiary/aromatic N) is 4. The largest absolute Gasteiger partial charge is 0.453 e. The fourth-order valence-electron chi connectivity index (χ4n) is 1.33. The van der Waals surface area contributed by atoms with Crippen molar-refractivity contribution in [1.82, 2.24) is 14.9 Å². The van der Waals surface area contributed by atoms with Crippen LogP contribution < -0.4 is 5.84 Å². The third-order valence-corrected chi connectivity index (χ3v) is 3.21. The van der Waals surface area contributed by atoms with E-state index < -0.39 is 16.9 Å². The molecule has 0 spiro atoms. The molecule has 0 aliphatic carbocycles. The van der Waals surface area contributed by atoms with E-state index in [1.165, 1.54) is 24.3 Å². The standard InChI is InChI=1S/C9H6F3N5O2S/c10-9(11,12)7-14-15-8(16(7)13)20-6-4-2-1-3-5(6)17(18)19/h1-4H,13H2. The van der Waals surface area contributed by atoms with Crippen molar-refractivity contribution in [3.8, 4) is 0 Å². The molecule has 2 rings (SSSR count). The Kier molecular flexibility index (Phi) is 3.53. The quantitative estimate of drug-likeness (QED) is 0.529. The van der Waals surface area contributed by atoms with Crippen LogP contribution in [0.4, 0.5) is 18.9 Å². The monoisotopic (exact) mass is 305 g/mol. The Morgan fingerprint density at radius 1 is 1.30 bits per heavy atom. The third-order valence-electron chi connectivity index (χ3n) is 2.18. The van der Waals surface area contributed by atoms with E-state index in [-0.39, 0.29) is 20.4 Å². The Morgan fingerprint density at radius 3 is 2.50 bits per heavy atom. The Labute approximate surface area is 113 Å². The zero-order valence-corrected chi connectivity index (χ0v) is 10.4. The minimum absolute atomic E-state index is 0.116.